The van der Waals surface area contributed by atoms with Crippen molar-refractivity contribution in [1.29, 1.82) is 0 Å². The van der Waals surface area contributed by atoms with E-state index in [1.165, 1.54) is 13.2 Å². The SMILES string of the molecule is CCc1ccc(O)c(NC(=O)[C@H](NC(=O)OC)C(C)C)c1. The molecule has 2 amide bonds. The minimum atomic E-state index is -0.748. The molecule has 116 valence electrons. The lowest BCUT2D eigenvalue weighted by atomic mass is 10.0. The second-order valence-electron chi connectivity index (χ2n) is 5.05. The number of hydrogen-bond donors (Lipinski definition) is 3. The minimum absolute atomic E-state index is 0.0128. The lowest BCUT2D eigenvalue weighted by Gasteiger charge is -2.21. The van der Waals surface area contributed by atoms with Crippen LogP contribution in [-0.4, -0.2) is 30.3 Å². The zero-order valence-corrected chi connectivity index (χ0v) is 12.8. The van der Waals surface area contributed by atoms with Gasteiger partial charge in [-0.2, -0.15) is 0 Å². The summed E-state index contributed by atoms with van der Waals surface area (Å²) in [5.41, 5.74) is 1.32. The summed E-state index contributed by atoms with van der Waals surface area (Å²) in [5, 5.41) is 14.9. The van der Waals surface area contributed by atoms with Crippen molar-refractivity contribution in [2.75, 3.05) is 12.4 Å². The first-order valence-corrected chi connectivity index (χ1v) is 6.86. The molecule has 0 heterocycles. The van der Waals surface area contributed by atoms with E-state index >= 15 is 0 Å². The summed E-state index contributed by atoms with van der Waals surface area (Å²) < 4.78 is 4.51. The first-order chi connectivity index (χ1) is 9.88. The number of carbonyl (C=O) groups is 2. The number of nitrogens with one attached hydrogen (secondary N) is 2. The van der Waals surface area contributed by atoms with E-state index in [9.17, 15) is 14.7 Å². The van der Waals surface area contributed by atoms with E-state index in [0.29, 0.717) is 5.69 Å². The van der Waals surface area contributed by atoms with Crippen LogP contribution in [0.4, 0.5) is 10.5 Å². The number of ether oxygens (including phenoxy) is 1. The van der Waals surface area contributed by atoms with Crippen LogP contribution in [-0.2, 0) is 16.0 Å². The third-order valence-corrected chi connectivity index (χ3v) is 3.13. The van der Waals surface area contributed by atoms with Gasteiger partial charge in [0.15, 0.2) is 0 Å². The van der Waals surface area contributed by atoms with E-state index in [1.807, 2.05) is 20.8 Å². The molecule has 0 saturated heterocycles. The van der Waals surface area contributed by atoms with Gasteiger partial charge in [-0.15, -0.1) is 0 Å². The predicted octanol–water partition coefficient (Wildman–Crippen LogP) is 2.27. The van der Waals surface area contributed by atoms with Crippen molar-refractivity contribution in [3.63, 3.8) is 0 Å². The van der Waals surface area contributed by atoms with Gasteiger partial charge in [0, 0.05) is 0 Å². The number of phenolic OH excluding ortho intramolecular Hbond substituents is 1. The van der Waals surface area contributed by atoms with E-state index in [2.05, 4.69) is 15.4 Å². The molecule has 0 spiro atoms. The van der Waals surface area contributed by atoms with Crippen LogP contribution in [0.15, 0.2) is 18.2 Å². The standard InChI is InChI=1S/C15H22N2O4/c1-5-10-6-7-12(18)11(8-10)16-14(19)13(9(2)3)17-15(20)21-4/h6-9,13,18H,5H2,1-4H3,(H,16,19)(H,17,20)/t13-/m1/s1. The Morgan fingerprint density at radius 2 is 2.00 bits per heavy atom. The average molecular weight is 294 g/mol. The molecular formula is C15H22N2O4. The molecular weight excluding hydrogens is 272 g/mol. The number of anilines is 1. The molecule has 0 radical (unpaired) electrons. The van der Waals surface area contributed by atoms with Crippen molar-refractivity contribution in [3.05, 3.63) is 23.8 Å². The maximum atomic E-state index is 12.3. The van der Waals surface area contributed by atoms with Gasteiger partial charge < -0.3 is 20.5 Å². The summed E-state index contributed by atoms with van der Waals surface area (Å²) in [7, 11) is 1.24. The second kappa shape index (κ2) is 7.52. The molecule has 1 atom stereocenters. The van der Waals surface area contributed by atoms with E-state index < -0.39 is 18.0 Å². The number of aromatic hydroxyl groups is 1. The topological polar surface area (TPSA) is 87.7 Å². The molecule has 1 aromatic rings. The summed E-state index contributed by atoms with van der Waals surface area (Å²) in [6, 6.07) is 4.29. The number of hydrogen-bond acceptors (Lipinski definition) is 4. The molecule has 0 fully saturated rings. The Morgan fingerprint density at radius 3 is 2.52 bits per heavy atom. The highest BCUT2D eigenvalue weighted by Gasteiger charge is 2.25. The van der Waals surface area contributed by atoms with Crippen LogP contribution in [0.1, 0.15) is 26.3 Å². The van der Waals surface area contributed by atoms with Gasteiger partial charge >= 0.3 is 6.09 Å². The van der Waals surface area contributed by atoms with Crippen LogP contribution in [0.5, 0.6) is 5.75 Å². The minimum Gasteiger partial charge on any atom is -0.506 e. The van der Waals surface area contributed by atoms with Crippen molar-refractivity contribution < 1.29 is 19.4 Å². The average Bonchev–Trinajstić information content (AvgIpc) is 2.46. The van der Waals surface area contributed by atoms with E-state index in [1.54, 1.807) is 12.1 Å². The van der Waals surface area contributed by atoms with Crippen molar-refractivity contribution >= 4 is 17.7 Å². The van der Waals surface area contributed by atoms with E-state index in [4.69, 9.17) is 0 Å². The van der Waals surface area contributed by atoms with Crippen LogP contribution < -0.4 is 10.6 Å². The lowest BCUT2D eigenvalue weighted by molar-refractivity contribution is -0.119. The van der Waals surface area contributed by atoms with Gasteiger partial charge in [0.25, 0.3) is 0 Å². The summed E-state index contributed by atoms with van der Waals surface area (Å²) in [4.78, 5) is 23.6. The van der Waals surface area contributed by atoms with Crippen LogP contribution in [0.2, 0.25) is 0 Å². The van der Waals surface area contributed by atoms with Crippen molar-refractivity contribution in [2.45, 2.75) is 33.2 Å². The lowest BCUT2D eigenvalue weighted by Crippen LogP contribution is -2.47. The number of benzene rings is 1. The van der Waals surface area contributed by atoms with Crippen molar-refractivity contribution in [1.82, 2.24) is 5.32 Å². The highest BCUT2D eigenvalue weighted by molar-refractivity contribution is 5.97. The number of rotatable bonds is 5. The fourth-order valence-electron chi connectivity index (χ4n) is 1.83. The molecule has 21 heavy (non-hydrogen) atoms. The van der Waals surface area contributed by atoms with Gasteiger partial charge in [-0.25, -0.2) is 4.79 Å². The Bertz CT molecular complexity index is 514. The first kappa shape index (κ1) is 16.8. The summed E-state index contributed by atoms with van der Waals surface area (Å²) in [6.07, 6.45) is 0.118. The van der Waals surface area contributed by atoms with E-state index in [0.717, 1.165) is 12.0 Å². The molecule has 3 N–H and O–H groups in total. The predicted molar refractivity (Wildman–Crippen MR) is 80.3 cm³/mol. The largest absolute Gasteiger partial charge is 0.506 e. The van der Waals surface area contributed by atoms with Gasteiger partial charge in [0.2, 0.25) is 5.91 Å². The quantitative estimate of drug-likeness (QED) is 0.727. The number of alkyl carbamates (subject to hydrolysis) is 1. The van der Waals surface area contributed by atoms with Gasteiger partial charge in [-0.3, -0.25) is 4.79 Å². The maximum Gasteiger partial charge on any atom is 0.407 e. The van der Waals surface area contributed by atoms with Crippen molar-refractivity contribution in [2.24, 2.45) is 5.92 Å². The van der Waals surface area contributed by atoms with Crippen LogP contribution in [0, 0.1) is 5.92 Å². The molecule has 0 unspecified atom stereocenters. The molecule has 0 saturated carbocycles. The molecule has 0 aliphatic rings. The number of phenols is 1. The summed E-state index contributed by atoms with van der Waals surface area (Å²) in [5.74, 6) is -0.541. The first-order valence-electron chi connectivity index (χ1n) is 6.86. The Kier molecular flexibility index (Phi) is 6.02. The summed E-state index contributed by atoms with van der Waals surface area (Å²) in [6.45, 7) is 5.60. The second-order valence-corrected chi connectivity index (χ2v) is 5.05. The Balaban J connectivity index is 2.88. The van der Waals surface area contributed by atoms with Crippen LogP contribution in [0.3, 0.4) is 0 Å². The van der Waals surface area contributed by atoms with Crippen molar-refractivity contribution in [3.8, 4) is 5.75 Å². The zero-order valence-electron chi connectivity index (χ0n) is 12.8. The van der Waals surface area contributed by atoms with Crippen LogP contribution >= 0.6 is 0 Å². The normalized spacial score (nSPS) is 11.9. The summed E-state index contributed by atoms with van der Waals surface area (Å²) >= 11 is 0. The molecule has 0 aromatic heterocycles. The zero-order chi connectivity index (χ0) is 16.0. The molecule has 0 aliphatic carbocycles. The number of amides is 2. The van der Waals surface area contributed by atoms with Gasteiger partial charge in [0.05, 0.1) is 12.8 Å². The number of aryl methyl sites for hydroxylation is 1. The molecule has 0 bridgehead atoms. The highest BCUT2D eigenvalue weighted by atomic mass is 16.5. The molecule has 6 heteroatoms. The van der Waals surface area contributed by atoms with Crippen LogP contribution in [0.25, 0.3) is 0 Å². The third kappa shape index (κ3) is 4.66. The monoisotopic (exact) mass is 294 g/mol. The highest BCUT2D eigenvalue weighted by Crippen LogP contribution is 2.25. The molecule has 6 nitrogen and oxygen atoms in total. The Labute approximate surface area is 124 Å². The third-order valence-electron chi connectivity index (χ3n) is 3.13. The molecule has 1 aromatic carbocycles. The maximum absolute atomic E-state index is 12.3. The van der Waals surface area contributed by atoms with Gasteiger partial charge in [-0.05, 0) is 30.0 Å². The number of methoxy groups -OCH3 is 1. The molecule has 0 aliphatic heterocycles. The molecule has 1 rings (SSSR count). The fraction of sp³-hybridized carbons (Fsp3) is 0.467. The Morgan fingerprint density at radius 1 is 1.33 bits per heavy atom. The van der Waals surface area contributed by atoms with Gasteiger partial charge in [-0.1, -0.05) is 26.8 Å². The number of carbonyl (C=O) groups excluding carboxylic acids is 2. The Hall–Kier alpha value is -2.24. The van der Waals surface area contributed by atoms with Gasteiger partial charge in [0.1, 0.15) is 11.8 Å². The van der Waals surface area contributed by atoms with E-state index in [-0.39, 0.29) is 11.7 Å². The smallest absolute Gasteiger partial charge is 0.407 e. The fourth-order valence-corrected chi connectivity index (χ4v) is 1.83.